The van der Waals surface area contributed by atoms with Gasteiger partial charge in [-0.25, -0.2) is 0 Å². The van der Waals surface area contributed by atoms with Crippen LogP contribution in [0.2, 0.25) is 0 Å². The first-order valence-corrected chi connectivity index (χ1v) is 8.04. The van der Waals surface area contributed by atoms with E-state index in [9.17, 15) is 0 Å². The maximum atomic E-state index is 5.72. The molecule has 2 atom stereocenters. The summed E-state index contributed by atoms with van der Waals surface area (Å²) in [4.78, 5) is 1.36. The molecular weight excluding hydrogens is 258 g/mol. The summed E-state index contributed by atoms with van der Waals surface area (Å²) < 4.78 is 11.4. The Morgan fingerprint density at radius 2 is 1.89 bits per heavy atom. The summed E-state index contributed by atoms with van der Waals surface area (Å²) >= 11 is 1.96. The normalized spacial score (nSPS) is 28.9. The van der Waals surface area contributed by atoms with Crippen molar-refractivity contribution in [2.24, 2.45) is 0 Å². The van der Waals surface area contributed by atoms with Crippen molar-refractivity contribution in [2.45, 2.75) is 48.4 Å². The quantitative estimate of drug-likeness (QED) is 0.899. The van der Waals surface area contributed by atoms with Crippen molar-refractivity contribution in [2.75, 3.05) is 13.2 Å². The van der Waals surface area contributed by atoms with Gasteiger partial charge in [0.25, 0.3) is 0 Å². The molecule has 0 aromatic heterocycles. The van der Waals surface area contributed by atoms with Crippen LogP contribution in [0.5, 0.6) is 11.5 Å². The highest BCUT2D eigenvalue weighted by Gasteiger charge is 2.32. The first-order valence-electron chi connectivity index (χ1n) is 7.16. The fourth-order valence-corrected chi connectivity index (χ4v) is 4.11. The molecular formula is C15H19NO2S. The standard InChI is InChI=1S/C15H19NO2S/c1-9-6-12(16-10-2-3-10)11-7-13-14(8-15(11)19-9)18-5-4-17-13/h7-10,12,16H,2-6H2,1H3. The Morgan fingerprint density at radius 3 is 2.63 bits per heavy atom. The monoisotopic (exact) mass is 277 g/mol. The average Bonchev–Trinajstić information content (AvgIpc) is 3.20. The topological polar surface area (TPSA) is 30.5 Å². The first kappa shape index (κ1) is 11.9. The molecule has 1 saturated carbocycles. The zero-order valence-electron chi connectivity index (χ0n) is 11.1. The number of thioether (sulfide) groups is 1. The lowest BCUT2D eigenvalue weighted by atomic mass is 10.00. The highest BCUT2D eigenvalue weighted by atomic mass is 32.2. The lowest BCUT2D eigenvalue weighted by Crippen LogP contribution is -2.29. The summed E-state index contributed by atoms with van der Waals surface area (Å²) in [6, 6.07) is 5.59. The maximum Gasteiger partial charge on any atom is 0.162 e. The van der Waals surface area contributed by atoms with Crippen molar-refractivity contribution in [1.29, 1.82) is 0 Å². The van der Waals surface area contributed by atoms with Gasteiger partial charge >= 0.3 is 0 Å². The van der Waals surface area contributed by atoms with E-state index < -0.39 is 0 Å². The minimum Gasteiger partial charge on any atom is -0.486 e. The molecule has 1 aromatic rings. The van der Waals surface area contributed by atoms with Gasteiger partial charge in [0.05, 0.1) is 0 Å². The van der Waals surface area contributed by atoms with Crippen molar-refractivity contribution < 1.29 is 9.47 Å². The van der Waals surface area contributed by atoms with Crippen LogP contribution in [0, 0.1) is 0 Å². The SMILES string of the molecule is CC1CC(NC2CC2)c2cc3c(cc2S1)OCCO3. The molecule has 2 heterocycles. The van der Waals surface area contributed by atoms with Crippen LogP contribution < -0.4 is 14.8 Å². The van der Waals surface area contributed by atoms with E-state index >= 15 is 0 Å². The summed E-state index contributed by atoms with van der Waals surface area (Å²) in [6.45, 7) is 3.64. The highest BCUT2D eigenvalue weighted by molar-refractivity contribution is 8.00. The largest absolute Gasteiger partial charge is 0.486 e. The van der Waals surface area contributed by atoms with E-state index in [1.165, 1.54) is 29.7 Å². The molecule has 1 fully saturated rings. The van der Waals surface area contributed by atoms with Gasteiger partial charge in [0, 0.05) is 22.2 Å². The third-order valence-electron chi connectivity index (χ3n) is 3.96. The molecule has 0 radical (unpaired) electrons. The van der Waals surface area contributed by atoms with E-state index in [0.717, 1.165) is 17.5 Å². The molecule has 1 aromatic carbocycles. The van der Waals surface area contributed by atoms with Crippen LogP contribution in [-0.4, -0.2) is 24.5 Å². The summed E-state index contributed by atoms with van der Waals surface area (Å²) in [7, 11) is 0. The summed E-state index contributed by atoms with van der Waals surface area (Å²) in [5, 5.41) is 4.44. The Bertz CT molecular complexity index is 501. The molecule has 0 spiro atoms. The van der Waals surface area contributed by atoms with Crippen molar-refractivity contribution in [1.82, 2.24) is 5.32 Å². The van der Waals surface area contributed by atoms with Crippen molar-refractivity contribution in [3.8, 4) is 11.5 Å². The molecule has 4 rings (SSSR count). The molecule has 3 aliphatic rings. The Labute approximate surface area is 118 Å². The molecule has 19 heavy (non-hydrogen) atoms. The van der Waals surface area contributed by atoms with Crippen LogP contribution in [0.4, 0.5) is 0 Å². The fourth-order valence-electron chi connectivity index (χ4n) is 2.88. The number of nitrogens with one attached hydrogen (secondary N) is 1. The number of fused-ring (bicyclic) bond motifs is 2. The molecule has 0 amide bonds. The van der Waals surface area contributed by atoms with Gasteiger partial charge in [-0.2, -0.15) is 0 Å². The second-order valence-electron chi connectivity index (χ2n) is 5.69. The maximum absolute atomic E-state index is 5.72. The number of hydrogen-bond acceptors (Lipinski definition) is 4. The van der Waals surface area contributed by atoms with E-state index in [0.29, 0.717) is 24.5 Å². The molecule has 2 aliphatic heterocycles. The van der Waals surface area contributed by atoms with Gasteiger partial charge in [0.15, 0.2) is 11.5 Å². The van der Waals surface area contributed by atoms with Crippen LogP contribution in [0.1, 0.15) is 37.8 Å². The van der Waals surface area contributed by atoms with Gasteiger partial charge in [-0.15, -0.1) is 11.8 Å². The second-order valence-corrected chi connectivity index (χ2v) is 7.17. The first-order chi connectivity index (χ1) is 9.29. The van der Waals surface area contributed by atoms with Gasteiger partial charge < -0.3 is 14.8 Å². The second kappa shape index (κ2) is 4.60. The van der Waals surface area contributed by atoms with E-state index in [-0.39, 0.29) is 0 Å². The Hall–Kier alpha value is -0.870. The number of hydrogen-bond donors (Lipinski definition) is 1. The number of benzene rings is 1. The summed E-state index contributed by atoms with van der Waals surface area (Å²) in [5.41, 5.74) is 1.40. The van der Waals surface area contributed by atoms with Gasteiger partial charge in [-0.3, -0.25) is 0 Å². The Balaban J connectivity index is 1.71. The number of ether oxygens (including phenoxy) is 2. The molecule has 0 bridgehead atoms. The van der Waals surface area contributed by atoms with E-state index in [1.54, 1.807) is 0 Å². The van der Waals surface area contributed by atoms with E-state index in [2.05, 4.69) is 24.4 Å². The molecule has 1 N–H and O–H groups in total. The van der Waals surface area contributed by atoms with Gasteiger partial charge in [-0.1, -0.05) is 6.92 Å². The fraction of sp³-hybridized carbons (Fsp3) is 0.600. The minimum absolute atomic E-state index is 0.481. The van der Waals surface area contributed by atoms with Gasteiger partial charge in [0.2, 0.25) is 0 Å². The zero-order valence-corrected chi connectivity index (χ0v) is 12.0. The molecule has 1 aliphatic carbocycles. The smallest absolute Gasteiger partial charge is 0.162 e. The van der Waals surface area contributed by atoms with E-state index in [4.69, 9.17) is 9.47 Å². The zero-order chi connectivity index (χ0) is 12.8. The number of rotatable bonds is 2. The van der Waals surface area contributed by atoms with Crippen molar-refractivity contribution in [3.63, 3.8) is 0 Å². The van der Waals surface area contributed by atoms with Crippen LogP contribution >= 0.6 is 11.8 Å². The van der Waals surface area contributed by atoms with Crippen molar-refractivity contribution in [3.05, 3.63) is 17.7 Å². The molecule has 102 valence electrons. The lowest BCUT2D eigenvalue weighted by Gasteiger charge is -2.32. The molecule has 4 heteroatoms. The molecule has 2 unspecified atom stereocenters. The summed E-state index contributed by atoms with van der Waals surface area (Å²) in [5.74, 6) is 1.83. The average molecular weight is 277 g/mol. The predicted octanol–water partition coefficient (Wildman–Crippen LogP) is 3.14. The van der Waals surface area contributed by atoms with Crippen molar-refractivity contribution >= 4 is 11.8 Å². The van der Waals surface area contributed by atoms with Crippen LogP contribution in [0.3, 0.4) is 0 Å². The Morgan fingerprint density at radius 1 is 1.16 bits per heavy atom. The predicted molar refractivity (Wildman–Crippen MR) is 76.3 cm³/mol. The lowest BCUT2D eigenvalue weighted by molar-refractivity contribution is 0.170. The Kier molecular flexibility index (Phi) is 2.88. The third-order valence-corrected chi connectivity index (χ3v) is 5.16. The minimum atomic E-state index is 0.481. The third kappa shape index (κ3) is 2.32. The van der Waals surface area contributed by atoms with Crippen LogP contribution in [0.15, 0.2) is 17.0 Å². The van der Waals surface area contributed by atoms with Gasteiger partial charge in [-0.05, 0) is 37.0 Å². The molecule has 3 nitrogen and oxygen atoms in total. The van der Waals surface area contributed by atoms with Crippen LogP contribution in [-0.2, 0) is 0 Å². The van der Waals surface area contributed by atoms with Gasteiger partial charge in [0.1, 0.15) is 13.2 Å². The van der Waals surface area contributed by atoms with Crippen LogP contribution in [0.25, 0.3) is 0 Å². The highest BCUT2D eigenvalue weighted by Crippen LogP contribution is 2.46. The molecule has 0 saturated heterocycles. The summed E-state index contributed by atoms with van der Waals surface area (Å²) in [6.07, 6.45) is 3.86. The van der Waals surface area contributed by atoms with E-state index in [1.807, 2.05) is 11.8 Å².